The molecule has 1 aromatic heterocycles. The molecule has 0 atom stereocenters. The molecule has 0 unspecified atom stereocenters. The van der Waals surface area contributed by atoms with Gasteiger partial charge in [0.15, 0.2) is 0 Å². The first-order valence-corrected chi connectivity index (χ1v) is 7.02. The number of aliphatic hydroxyl groups excluding tert-OH is 1. The second-order valence-electron chi connectivity index (χ2n) is 5.23. The van der Waals surface area contributed by atoms with Crippen molar-refractivity contribution >= 4 is 11.6 Å². The molecule has 0 spiro atoms. The van der Waals surface area contributed by atoms with Crippen LogP contribution in [0.4, 0.5) is 11.6 Å². The van der Waals surface area contributed by atoms with Crippen molar-refractivity contribution in [2.45, 2.75) is 18.9 Å². The second-order valence-corrected chi connectivity index (χ2v) is 5.23. The Morgan fingerprint density at radius 1 is 1.21 bits per heavy atom. The third kappa shape index (κ3) is 3.33. The quantitative estimate of drug-likeness (QED) is 0.789. The van der Waals surface area contributed by atoms with Crippen LogP contribution in [-0.4, -0.2) is 65.3 Å². The van der Waals surface area contributed by atoms with Crippen LogP contribution in [0.2, 0.25) is 0 Å². The number of β-amino-alcohol motifs (C(OH)–C–C–N with tert-alkyl or cyclic N) is 1. The summed E-state index contributed by atoms with van der Waals surface area (Å²) in [5, 5.41) is 12.3. The van der Waals surface area contributed by atoms with Crippen LogP contribution < -0.4 is 10.2 Å². The molecule has 1 saturated heterocycles. The minimum Gasteiger partial charge on any atom is -0.395 e. The van der Waals surface area contributed by atoms with Crippen molar-refractivity contribution in [2.75, 3.05) is 49.5 Å². The van der Waals surface area contributed by atoms with Crippen molar-refractivity contribution in [1.29, 1.82) is 0 Å². The van der Waals surface area contributed by atoms with Crippen LogP contribution in [0.1, 0.15) is 12.8 Å². The molecule has 0 radical (unpaired) electrons. The van der Waals surface area contributed by atoms with E-state index in [-0.39, 0.29) is 6.61 Å². The van der Waals surface area contributed by atoms with Crippen LogP contribution in [0.15, 0.2) is 12.4 Å². The van der Waals surface area contributed by atoms with Gasteiger partial charge in [0.1, 0.15) is 18.0 Å². The first kappa shape index (κ1) is 12.6. The van der Waals surface area contributed by atoms with Gasteiger partial charge in [-0.15, -0.1) is 0 Å². The molecule has 1 aromatic rings. The third-order valence-electron chi connectivity index (χ3n) is 3.69. The molecule has 1 saturated carbocycles. The Morgan fingerprint density at radius 2 is 2.00 bits per heavy atom. The monoisotopic (exact) mass is 263 g/mol. The largest absolute Gasteiger partial charge is 0.395 e. The summed E-state index contributed by atoms with van der Waals surface area (Å²) in [6, 6.07) is 2.66. The van der Waals surface area contributed by atoms with Crippen molar-refractivity contribution in [3.8, 4) is 0 Å². The molecule has 2 aliphatic rings. The molecule has 19 heavy (non-hydrogen) atoms. The van der Waals surface area contributed by atoms with E-state index in [1.807, 2.05) is 6.07 Å². The van der Waals surface area contributed by atoms with Gasteiger partial charge in [-0.05, 0) is 12.8 Å². The summed E-state index contributed by atoms with van der Waals surface area (Å²) in [6.45, 7) is 4.89. The number of nitrogens with one attached hydrogen (secondary N) is 1. The van der Waals surface area contributed by atoms with Crippen LogP contribution in [0.3, 0.4) is 0 Å². The number of aromatic nitrogens is 2. The zero-order valence-corrected chi connectivity index (χ0v) is 11.1. The molecule has 0 bridgehead atoms. The second kappa shape index (κ2) is 5.71. The van der Waals surface area contributed by atoms with Crippen LogP contribution in [0.5, 0.6) is 0 Å². The SMILES string of the molecule is OCCN1CCN(c2cc(NC3CC3)ncn2)CC1. The summed E-state index contributed by atoms with van der Waals surface area (Å²) in [5.41, 5.74) is 0. The molecule has 2 heterocycles. The molecule has 0 aromatic carbocycles. The summed E-state index contributed by atoms with van der Waals surface area (Å²) in [6.07, 6.45) is 4.14. The number of rotatable bonds is 5. The smallest absolute Gasteiger partial charge is 0.134 e. The lowest BCUT2D eigenvalue weighted by Crippen LogP contribution is -2.47. The van der Waals surface area contributed by atoms with Crippen molar-refractivity contribution in [3.63, 3.8) is 0 Å². The third-order valence-corrected chi connectivity index (χ3v) is 3.69. The number of piperazine rings is 1. The summed E-state index contributed by atoms with van der Waals surface area (Å²) >= 11 is 0. The van der Waals surface area contributed by atoms with Gasteiger partial charge in [-0.3, -0.25) is 4.90 Å². The van der Waals surface area contributed by atoms with E-state index in [4.69, 9.17) is 5.11 Å². The van der Waals surface area contributed by atoms with Gasteiger partial charge in [-0.2, -0.15) is 0 Å². The lowest BCUT2D eigenvalue weighted by atomic mass is 10.3. The Labute approximate surface area is 113 Å². The number of anilines is 2. The molecule has 0 amide bonds. The topological polar surface area (TPSA) is 64.5 Å². The zero-order valence-electron chi connectivity index (χ0n) is 11.1. The molecule has 3 rings (SSSR count). The van der Waals surface area contributed by atoms with Crippen molar-refractivity contribution in [1.82, 2.24) is 14.9 Å². The van der Waals surface area contributed by atoms with Gasteiger partial charge in [0.05, 0.1) is 6.61 Å². The maximum atomic E-state index is 8.94. The average molecular weight is 263 g/mol. The minimum absolute atomic E-state index is 0.239. The van der Waals surface area contributed by atoms with Gasteiger partial charge in [-0.1, -0.05) is 0 Å². The highest BCUT2D eigenvalue weighted by Crippen LogP contribution is 2.25. The number of nitrogens with zero attached hydrogens (tertiary/aromatic N) is 4. The van der Waals surface area contributed by atoms with E-state index in [0.29, 0.717) is 6.04 Å². The highest BCUT2D eigenvalue weighted by atomic mass is 16.3. The number of hydrogen-bond acceptors (Lipinski definition) is 6. The minimum atomic E-state index is 0.239. The zero-order chi connectivity index (χ0) is 13.1. The van der Waals surface area contributed by atoms with E-state index < -0.39 is 0 Å². The summed E-state index contributed by atoms with van der Waals surface area (Å²) in [7, 11) is 0. The van der Waals surface area contributed by atoms with Crippen molar-refractivity contribution in [2.24, 2.45) is 0 Å². The first-order chi connectivity index (χ1) is 9.35. The van der Waals surface area contributed by atoms with Crippen molar-refractivity contribution in [3.05, 3.63) is 12.4 Å². The Hall–Kier alpha value is -1.40. The summed E-state index contributed by atoms with van der Waals surface area (Å²) < 4.78 is 0. The Bertz CT molecular complexity index is 415. The normalized spacial score (nSPS) is 20.6. The van der Waals surface area contributed by atoms with Gasteiger partial charge in [0, 0.05) is 44.8 Å². The van der Waals surface area contributed by atoms with Gasteiger partial charge < -0.3 is 15.3 Å². The van der Waals surface area contributed by atoms with Crippen LogP contribution in [0.25, 0.3) is 0 Å². The molecule has 6 nitrogen and oxygen atoms in total. The molecule has 6 heteroatoms. The maximum Gasteiger partial charge on any atom is 0.134 e. The fourth-order valence-corrected chi connectivity index (χ4v) is 2.38. The van der Waals surface area contributed by atoms with Gasteiger partial charge >= 0.3 is 0 Å². The summed E-state index contributed by atoms with van der Waals surface area (Å²) in [4.78, 5) is 13.2. The first-order valence-electron chi connectivity index (χ1n) is 7.02. The molecular weight excluding hydrogens is 242 g/mol. The molecule has 1 aliphatic heterocycles. The van der Waals surface area contributed by atoms with Crippen LogP contribution in [0, 0.1) is 0 Å². The molecule has 1 aliphatic carbocycles. The standard InChI is InChI=1S/C13H21N5O/c19-8-7-17-3-5-18(6-4-17)13-9-12(14-10-15-13)16-11-1-2-11/h9-11,19H,1-8H2,(H,14,15,16). The van der Waals surface area contributed by atoms with E-state index in [1.165, 1.54) is 12.8 Å². The summed E-state index contributed by atoms with van der Waals surface area (Å²) in [5.74, 6) is 1.94. The van der Waals surface area contributed by atoms with E-state index in [1.54, 1.807) is 6.33 Å². The fraction of sp³-hybridized carbons (Fsp3) is 0.692. The number of hydrogen-bond donors (Lipinski definition) is 2. The van der Waals surface area contributed by atoms with E-state index in [9.17, 15) is 0 Å². The van der Waals surface area contributed by atoms with E-state index >= 15 is 0 Å². The van der Waals surface area contributed by atoms with E-state index in [2.05, 4.69) is 25.1 Å². The van der Waals surface area contributed by atoms with Crippen LogP contribution in [-0.2, 0) is 0 Å². The predicted molar refractivity (Wildman–Crippen MR) is 74.4 cm³/mol. The lowest BCUT2D eigenvalue weighted by molar-refractivity contribution is 0.188. The number of aliphatic hydroxyl groups is 1. The molecular formula is C13H21N5O. The van der Waals surface area contributed by atoms with E-state index in [0.717, 1.165) is 44.4 Å². The lowest BCUT2D eigenvalue weighted by Gasteiger charge is -2.35. The Morgan fingerprint density at radius 3 is 2.68 bits per heavy atom. The predicted octanol–water partition coefficient (Wildman–Crippen LogP) is 0.165. The van der Waals surface area contributed by atoms with Crippen molar-refractivity contribution < 1.29 is 5.11 Å². The highest BCUT2D eigenvalue weighted by Gasteiger charge is 2.22. The highest BCUT2D eigenvalue weighted by molar-refractivity contribution is 5.49. The Balaban J connectivity index is 1.59. The Kier molecular flexibility index (Phi) is 3.79. The van der Waals surface area contributed by atoms with Gasteiger partial charge in [0.2, 0.25) is 0 Å². The average Bonchev–Trinajstić information content (AvgIpc) is 3.24. The fourth-order valence-electron chi connectivity index (χ4n) is 2.38. The maximum absolute atomic E-state index is 8.94. The van der Waals surface area contributed by atoms with Gasteiger partial charge in [-0.25, -0.2) is 9.97 Å². The molecule has 104 valence electrons. The van der Waals surface area contributed by atoms with Crippen LogP contribution >= 0.6 is 0 Å². The molecule has 2 N–H and O–H groups in total. The molecule has 2 fully saturated rings. The van der Waals surface area contributed by atoms with Gasteiger partial charge in [0.25, 0.3) is 0 Å².